The fraction of sp³-hybridized carbons (Fsp3) is 0.500. The van der Waals surface area contributed by atoms with Crippen LogP contribution < -0.4 is 0 Å². The van der Waals surface area contributed by atoms with Gasteiger partial charge in [-0.15, -0.1) is 0 Å². The van der Waals surface area contributed by atoms with Crippen molar-refractivity contribution in [2.24, 2.45) is 4.99 Å². The van der Waals surface area contributed by atoms with Gasteiger partial charge in [-0.05, 0) is 4.99 Å². The molecule has 0 spiro atoms. The average Bonchev–Trinajstić information content (AvgIpc) is 2.62. The van der Waals surface area contributed by atoms with Gasteiger partial charge >= 0.3 is 6.03 Å². The lowest BCUT2D eigenvalue weighted by Gasteiger charge is -2.30. The van der Waals surface area contributed by atoms with Crippen LogP contribution >= 0.6 is 0 Å². The zero-order valence-corrected chi connectivity index (χ0v) is 9.84. The molecule has 17 heavy (non-hydrogen) atoms. The quantitative estimate of drug-likeness (QED) is 0.442. The Labute approximate surface area is 98.2 Å². The molecule has 0 aliphatic carbocycles. The highest BCUT2D eigenvalue weighted by molar-refractivity contribution is 6.22. The molecule has 0 N–H and O–H groups in total. The van der Waals surface area contributed by atoms with Crippen molar-refractivity contribution in [1.82, 2.24) is 9.80 Å². The van der Waals surface area contributed by atoms with E-state index in [-0.39, 0.29) is 12.5 Å². The Hall–Kier alpha value is -2.23. The lowest BCUT2D eigenvalue weighted by Crippen LogP contribution is -2.61. The van der Waals surface area contributed by atoms with Crippen molar-refractivity contribution < 1.29 is 14.2 Å². The van der Waals surface area contributed by atoms with E-state index < -0.39 is 12.1 Å². The van der Waals surface area contributed by atoms with Gasteiger partial charge in [0.15, 0.2) is 6.54 Å². The lowest BCUT2D eigenvalue weighted by molar-refractivity contribution is -0.524. The number of nitriles is 1. The Balaban J connectivity index is 2.46. The summed E-state index contributed by atoms with van der Waals surface area (Å²) >= 11 is 0. The number of likely N-dealkylation sites (N-methyl/N-ethyl adjacent to an activating group) is 2. The zero-order valence-electron chi connectivity index (χ0n) is 9.84. The summed E-state index contributed by atoms with van der Waals surface area (Å²) in [5.74, 6) is 0.625. The van der Waals surface area contributed by atoms with Crippen LogP contribution in [0.5, 0.6) is 0 Å². The second kappa shape index (κ2) is 3.66. The minimum atomic E-state index is -0.651. The van der Waals surface area contributed by atoms with Crippen molar-refractivity contribution in [2.45, 2.75) is 13.0 Å². The maximum Gasteiger partial charge on any atom is 0.333 e. The number of nitrogens with zero attached hydrogens (tertiary/aromatic N) is 5. The van der Waals surface area contributed by atoms with Crippen LogP contribution in [0.15, 0.2) is 4.99 Å². The highest BCUT2D eigenvalue weighted by atomic mass is 16.2. The Bertz CT molecular complexity index is 513. The molecule has 0 aromatic rings. The van der Waals surface area contributed by atoms with E-state index in [9.17, 15) is 9.59 Å². The molecule has 1 unspecified atom stereocenters. The number of imide groups is 1. The molecule has 1 fully saturated rings. The van der Waals surface area contributed by atoms with Crippen LogP contribution in [-0.2, 0) is 4.79 Å². The Kier molecular flexibility index (Phi) is 2.42. The van der Waals surface area contributed by atoms with E-state index in [0.29, 0.717) is 11.7 Å². The molecule has 7 nitrogen and oxygen atoms in total. The molecule has 0 bridgehead atoms. The predicted octanol–water partition coefficient (Wildman–Crippen LogP) is -0.755. The molecule has 2 heterocycles. The summed E-state index contributed by atoms with van der Waals surface area (Å²) in [6.07, 6.45) is 0. The van der Waals surface area contributed by atoms with Gasteiger partial charge in [-0.2, -0.15) is 5.26 Å². The van der Waals surface area contributed by atoms with E-state index in [1.807, 2.05) is 6.07 Å². The molecule has 2 aliphatic rings. The normalized spacial score (nSPS) is 23.9. The highest BCUT2D eigenvalue weighted by Crippen LogP contribution is 2.18. The van der Waals surface area contributed by atoms with Gasteiger partial charge in [-0.3, -0.25) is 14.6 Å². The van der Waals surface area contributed by atoms with Gasteiger partial charge in [0.25, 0.3) is 23.6 Å². The van der Waals surface area contributed by atoms with Crippen LogP contribution in [0.3, 0.4) is 0 Å². The van der Waals surface area contributed by atoms with Gasteiger partial charge in [-0.25, -0.2) is 9.37 Å². The first-order chi connectivity index (χ1) is 7.99. The number of urea groups is 1. The summed E-state index contributed by atoms with van der Waals surface area (Å²) in [5, 5.41) is 8.74. The third-order valence-corrected chi connectivity index (χ3v) is 2.97. The molecule has 88 valence electrons. The van der Waals surface area contributed by atoms with E-state index in [1.54, 1.807) is 18.5 Å². The van der Waals surface area contributed by atoms with Gasteiger partial charge in [0.1, 0.15) is 6.07 Å². The molecular weight excluding hydrogens is 222 g/mol. The maximum absolute atomic E-state index is 12.0. The average molecular weight is 234 g/mol. The summed E-state index contributed by atoms with van der Waals surface area (Å²) in [6, 6.07) is 0.936. The highest BCUT2D eigenvalue weighted by Gasteiger charge is 2.51. The second-order valence-electron chi connectivity index (χ2n) is 3.94. The molecular formula is C10H12N5O2+. The molecule has 1 saturated heterocycles. The van der Waals surface area contributed by atoms with Crippen LogP contribution in [0.1, 0.15) is 6.92 Å². The zero-order chi connectivity index (χ0) is 12.7. The molecule has 2 aliphatic heterocycles. The number of fused-ring (bicyclic) bond motifs is 1. The van der Waals surface area contributed by atoms with Gasteiger partial charge < -0.3 is 0 Å². The first-order valence-electron chi connectivity index (χ1n) is 5.10. The monoisotopic (exact) mass is 234 g/mol. The molecule has 0 saturated carbocycles. The van der Waals surface area contributed by atoms with E-state index in [0.717, 1.165) is 4.90 Å². The number of rotatable bonds is 1. The first kappa shape index (κ1) is 11.3. The molecule has 0 aromatic heterocycles. The molecule has 3 amide bonds. The Morgan fingerprint density at radius 1 is 1.41 bits per heavy atom. The van der Waals surface area contributed by atoms with Crippen LogP contribution in [0.2, 0.25) is 0 Å². The van der Waals surface area contributed by atoms with Crippen LogP contribution in [0, 0.1) is 11.3 Å². The molecule has 2 rings (SSSR count). The predicted molar refractivity (Wildman–Crippen MR) is 58.6 cm³/mol. The fourth-order valence-electron chi connectivity index (χ4n) is 2.00. The summed E-state index contributed by atoms with van der Waals surface area (Å²) in [4.78, 5) is 30.3. The Morgan fingerprint density at radius 3 is 2.65 bits per heavy atom. The van der Waals surface area contributed by atoms with E-state index in [1.165, 1.54) is 11.9 Å². The lowest BCUT2D eigenvalue weighted by atomic mass is 10.1. The summed E-state index contributed by atoms with van der Waals surface area (Å²) in [6.45, 7) is 1.79. The Morgan fingerprint density at radius 2 is 2.06 bits per heavy atom. The van der Waals surface area contributed by atoms with E-state index >= 15 is 0 Å². The largest absolute Gasteiger partial charge is 0.333 e. The molecule has 0 radical (unpaired) electrons. The minimum Gasteiger partial charge on any atom is -0.269 e. The van der Waals surface area contributed by atoms with Crippen molar-refractivity contribution in [3.05, 3.63) is 0 Å². The number of aliphatic imine (C=N–C) groups is 1. The SMILES string of the molecule is CC1=[N+](CC#N)C2C(=O)N(C)C(=O)N(C)C2=N1. The third kappa shape index (κ3) is 1.41. The number of carbonyl (C=O) groups is 2. The van der Waals surface area contributed by atoms with Crippen molar-refractivity contribution in [2.75, 3.05) is 20.6 Å². The molecule has 0 aromatic carbocycles. The van der Waals surface area contributed by atoms with Crippen molar-refractivity contribution in [1.29, 1.82) is 5.26 Å². The van der Waals surface area contributed by atoms with Crippen LogP contribution in [0.25, 0.3) is 0 Å². The van der Waals surface area contributed by atoms with Crippen LogP contribution in [0.4, 0.5) is 4.79 Å². The van der Waals surface area contributed by atoms with Crippen molar-refractivity contribution in [3.8, 4) is 6.07 Å². The minimum absolute atomic E-state index is 0.0745. The smallest absolute Gasteiger partial charge is 0.269 e. The first-order valence-corrected chi connectivity index (χ1v) is 5.10. The van der Waals surface area contributed by atoms with E-state index in [2.05, 4.69) is 4.99 Å². The summed E-state index contributed by atoms with van der Waals surface area (Å²) in [5.41, 5.74) is 0. The topological polar surface area (TPSA) is 79.8 Å². The number of amides is 3. The number of amidine groups is 2. The van der Waals surface area contributed by atoms with Gasteiger partial charge in [0, 0.05) is 21.0 Å². The fourth-order valence-corrected chi connectivity index (χ4v) is 2.00. The summed E-state index contributed by atoms with van der Waals surface area (Å²) < 4.78 is 1.59. The standard InChI is InChI=1S/C10H12N5O2/c1-6-12-8-7(15(6)5-4-11)9(16)14(3)10(17)13(8)2/h7H,5H2,1-3H3/q+1. The van der Waals surface area contributed by atoms with Crippen molar-refractivity contribution in [3.63, 3.8) is 0 Å². The van der Waals surface area contributed by atoms with Gasteiger partial charge in [0.2, 0.25) is 0 Å². The van der Waals surface area contributed by atoms with Crippen LogP contribution in [-0.4, -0.2) is 64.7 Å². The van der Waals surface area contributed by atoms with Gasteiger partial charge in [0.05, 0.1) is 0 Å². The number of hydrogen-bond acceptors (Lipinski definition) is 4. The van der Waals surface area contributed by atoms with Gasteiger partial charge in [-0.1, -0.05) is 0 Å². The molecule has 1 atom stereocenters. The van der Waals surface area contributed by atoms with Crippen molar-refractivity contribution >= 4 is 23.6 Å². The number of carbonyl (C=O) groups excluding carboxylic acids is 2. The summed E-state index contributed by atoms with van der Waals surface area (Å²) in [7, 11) is 3.00. The molecule has 7 heteroatoms. The van der Waals surface area contributed by atoms with E-state index in [4.69, 9.17) is 5.26 Å². The number of hydrogen-bond donors (Lipinski definition) is 0. The maximum atomic E-state index is 12.0. The third-order valence-electron chi connectivity index (χ3n) is 2.97. The second-order valence-corrected chi connectivity index (χ2v) is 3.94.